The predicted molar refractivity (Wildman–Crippen MR) is 113 cm³/mol. The van der Waals surface area contributed by atoms with Gasteiger partial charge in [0.25, 0.3) is 0 Å². The van der Waals surface area contributed by atoms with E-state index in [0.29, 0.717) is 17.4 Å². The predicted octanol–water partition coefficient (Wildman–Crippen LogP) is 5.90. The topological polar surface area (TPSA) is 66.8 Å². The summed E-state index contributed by atoms with van der Waals surface area (Å²) in [5.41, 5.74) is 2.80. The van der Waals surface area contributed by atoms with Crippen molar-refractivity contribution in [3.05, 3.63) is 64.7 Å². The fourth-order valence-corrected chi connectivity index (χ4v) is 4.79. The Bertz CT molecular complexity index is 959. The van der Waals surface area contributed by atoms with Crippen LogP contribution in [0.5, 0.6) is 17.2 Å². The summed E-state index contributed by atoms with van der Waals surface area (Å²) in [4.78, 5) is 13.0. The lowest BCUT2D eigenvalue weighted by Crippen LogP contribution is -2.24. The first-order chi connectivity index (χ1) is 13.9. The lowest BCUT2D eigenvalue weighted by Gasteiger charge is -2.35. The molecule has 1 aliphatic heterocycles. The van der Waals surface area contributed by atoms with E-state index in [2.05, 4.69) is 26.8 Å². The number of phenolic OH excluding ortho intramolecular Hbond substituents is 2. The molecule has 2 aromatic carbocycles. The molecule has 1 heterocycles. The molecule has 0 saturated carbocycles. The zero-order valence-corrected chi connectivity index (χ0v) is 17.2. The van der Waals surface area contributed by atoms with Crippen LogP contribution in [0.15, 0.2) is 48.0 Å². The Morgan fingerprint density at radius 1 is 1.14 bits per heavy atom. The summed E-state index contributed by atoms with van der Waals surface area (Å²) < 4.78 is 6.03. The quantitative estimate of drug-likeness (QED) is 0.638. The fourth-order valence-electron chi connectivity index (χ4n) is 4.79. The highest BCUT2D eigenvalue weighted by Crippen LogP contribution is 2.51. The van der Waals surface area contributed by atoms with Crippen molar-refractivity contribution in [2.45, 2.75) is 52.1 Å². The minimum atomic E-state index is -0.416. The van der Waals surface area contributed by atoms with E-state index in [0.717, 1.165) is 18.4 Å². The van der Waals surface area contributed by atoms with Gasteiger partial charge in [-0.2, -0.15) is 0 Å². The molecular formula is C25H28O4. The van der Waals surface area contributed by atoms with Crippen LogP contribution < -0.4 is 4.74 Å². The lowest BCUT2D eigenvalue weighted by molar-refractivity contribution is 0.0844. The Hall–Kier alpha value is -2.75. The highest BCUT2D eigenvalue weighted by atomic mass is 16.5. The first-order valence-electron chi connectivity index (χ1n) is 10.4. The van der Waals surface area contributed by atoms with Gasteiger partial charge in [-0.15, -0.1) is 0 Å². The van der Waals surface area contributed by atoms with Crippen LogP contribution in [0.3, 0.4) is 0 Å². The molecule has 0 amide bonds. The molecule has 4 nitrogen and oxygen atoms in total. The molecule has 0 aromatic heterocycles. The van der Waals surface area contributed by atoms with Crippen molar-refractivity contribution < 1.29 is 19.7 Å². The van der Waals surface area contributed by atoms with Gasteiger partial charge in [0.15, 0.2) is 5.78 Å². The average molecular weight is 392 g/mol. The Balaban J connectivity index is 1.78. The zero-order valence-electron chi connectivity index (χ0n) is 17.2. The number of aromatic hydroxyl groups is 2. The second-order valence-corrected chi connectivity index (χ2v) is 8.66. The molecule has 4 heteroatoms. The largest absolute Gasteiger partial charge is 0.507 e. The average Bonchev–Trinajstić information content (AvgIpc) is 2.68. The number of carbonyl (C=O) groups excluding carboxylic acids is 1. The van der Waals surface area contributed by atoms with Gasteiger partial charge in [0.2, 0.25) is 0 Å². The van der Waals surface area contributed by atoms with Crippen LogP contribution in [-0.2, 0) is 0 Å². The molecular weight excluding hydrogens is 364 g/mol. The van der Waals surface area contributed by atoms with Gasteiger partial charge in [-0.3, -0.25) is 4.79 Å². The molecule has 2 aliphatic rings. The van der Waals surface area contributed by atoms with Crippen LogP contribution >= 0.6 is 0 Å². The van der Waals surface area contributed by atoms with Crippen LogP contribution in [0, 0.1) is 11.8 Å². The third-order valence-corrected chi connectivity index (χ3v) is 6.36. The minimum Gasteiger partial charge on any atom is -0.507 e. The first-order valence-corrected chi connectivity index (χ1v) is 10.4. The third kappa shape index (κ3) is 3.52. The summed E-state index contributed by atoms with van der Waals surface area (Å²) in [7, 11) is 0. The molecule has 3 atom stereocenters. The molecule has 3 unspecified atom stereocenters. The standard InChI is InChI=1S/C25H28O4/c1-14(2)17-10-9-15(3)11-18(17)23-19(26)13-22-24(25(23)28)20(27)12-21(29-22)16-7-5-4-6-8-16/h4-8,11,13-14,17-18,21,26,28H,9-10,12H2,1-3H3. The number of hydrogen-bond donors (Lipinski definition) is 2. The molecule has 2 N–H and O–H groups in total. The van der Waals surface area contributed by atoms with Crippen LogP contribution in [0.2, 0.25) is 0 Å². The summed E-state index contributed by atoms with van der Waals surface area (Å²) in [6, 6.07) is 11.1. The highest BCUT2D eigenvalue weighted by Gasteiger charge is 2.37. The number of benzene rings is 2. The number of ether oxygens (including phenoxy) is 1. The Morgan fingerprint density at radius 3 is 2.55 bits per heavy atom. The molecule has 0 saturated heterocycles. The molecule has 0 radical (unpaired) electrons. The van der Waals surface area contributed by atoms with Crippen LogP contribution in [0.1, 0.15) is 73.5 Å². The summed E-state index contributed by atoms with van der Waals surface area (Å²) in [5, 5.41) is 21.9. The number of ketones is 1. The van der Waals surface area contributed by atoms with Gasteiger partial charge < -0.3 is 14.9 Å². The van der Waals surface area contributed by atoms with Gasteiger partial charge in [-0.25, -0.2) is 0 Å². The van der Waals surface area contributed by atoms with Crippen LogP contribution in [0.25, 0.3) is 0 Å². The van der Waals surface area contributed by atoms with E-state index >= 15 is 0 Å². The van der Waals surface area contributed by atoms with Gasteiger partial charge in [0, 0.05) is 17.5 Å². The summed E-state index contributed by atoms with van der Waals surface area (Å²) in [5.74, 6) is 0.540. The fraction of sp³-hybridized carbons (Fsp3) is 0.400. The Labute approximate surface area is 171 Å². The SMILES string of the molecule is CC1=CC(c2c(O)cc3c(c2O)C(=O)CC(c2ccccc2)O3)C(C(C)C)CC1. The van der Waals surface area contributed by atoms with Crippen molar-refractivity contribution in [1.29, 1.82) is 0 Å². The molecule has 0 fully saturated rings. The van der Waals surface area contributed by atoms with Crippen molar-refractivity contribution in [1.82, 2.24) is 0 Å². The van der Waals surface area contributed by atoms with Crippen molar-refractivity contribution in [2.24, 2.45) is 11.8 Å². The van der Waals surface area contributed by atoms with Crippen molar-refractivity contribution in [2.75, 3.05) is 0 Å². The monoisotopic (exact) mass is 392 g/mol. The number of rotatable bonds is 3. The zero-order chi connectivity index (χ0) is 20.7. The Morgan fingerprint density at radius 2 is 1.86 bits per heavy atom. The van der Waals surface area contributed by atoms with Crippen LogP contribution in [0.4, 0.5) is 0 Å². The maximum atomic E-state index is 13.0. The first kappa shape index (κ1) is 19.6. The number of Topliss-reactive ketones (excluding diaryl/α,β-unsaturated/α-hetero) is 1. The number of phenols is 2. The van der Waals surface area contributed by atoms with Gasteiger partial charge in [-0.05, 0) is 37.2 Å². The summed E-state index contributed by atoms with van der Waals surface area (Å²) >= 11 is 0. The molecule has 152 valence electrons. The lowest BCUT2D eigenvalue weighted by atomic mass is 9.71. The van der Waals surface area contributed by atoms with Crippen molar-refractivity contribution in [3.8, 4) is 17.2 Å². The van der Waals surface area contributed by atoms with E-state index in [4.69, 9.17) is 4.74 Å². The highest BCUT2D eigenvalue weighted by molar-refractivity contribution is 6.03. The normalized spacial score (nSPS) is 24.1. The van der Waals surface area contributed by atoms with Gasteiger partial charge in [0.1, 0.15) is 28.9 Å². The van der Waals surface area contributed by atoms with Gasteiger partial charge in [0.05, 0.1) is 6.42 Å². The van der Waals surface area contributed by atoms with Gasteiger partial charge >= 0.3 is 0 Å². The molecule has 1 aliphatic carbocycles. The second kappa shape index (κ2) is 7.58. The molecule has 0 bridgehead atoms. The van der Waals surface area contributed by atoms with E-state index in [-0.39, 0.29) is 40.9 Å². The summed E-state index contributed by atoms with van der Waals surface area (Å²) in [6.07, 6.45) is 3.91. The maximum absolute atomic E-state index is 13.0. The third-order valence-electron chi connectivity index (χ3n) is 6.36. The van der Waals surface area contributed by atoms with Gasteiger partial charge in [-0.1, -0.05) is 55.8 Å². The minimum absolute atomic E-state index is 0.00985. The molecule has 29 heavy (non-hydrogen) atoms. The summed E-state index contributed by atoms with van der Waals surface area (Å²) in [6.45, 7) is 6.41. The van der Waals surface area contributed by atoms with Crippen molar-refractivity contribution >= 4 is 5.78 Å². The molecule has 4 rings (SSSR count). The van der Waals surface area contributed by atoms with E-state index in [9.17, 15) is 15.0 Å². The molecule has 2 aromatic rings. The number of allylic oxidation sites excluding steroid dienone is 2. The second-order valence-electron chi connectivity index (χ2n) is 8.66. The maximum Gasteiger partial charge on any atom is 0.174 e. The Kier molecular flexibility index (Phi) is 5.12. The number of carbonyl (C=O) groups is 1. The van der Waals surface area contributed by atoms with E-state index in [1.165, 1.54) is 11.6 Å². The number of fused-ring (bicyclic) bond motifs is 1. The van der Waals surface area contributed by atoms with Crippen molar-refractivity contribution in [3.63, 3.8) is 0 Å². The molecule has 0 spiro atoms. The van der Waals surface area contributed by atoms with E-state index < -0.39 is 6.10 Å². The van der Waals surface area contributed by atoms with E-state index in [1.54, 1.807) is 0 Å². The van der Waals surface area contributed by atoms with Crippen LogP contribution in [-0.4, -0.2) is 16.0 Å². The smallest absolute Gasteiger partial charge is 0.174 e. The van der Waals surface area contributed by atoms with E-state index in [1.807, 2.05) is 30.3 Å². The number of hydrogen-bond acceptors (Lipinski definition) is 4.